The minimum Gasteiger partial charge on any atom is -0.486 e. The van der Waals surface area contributed by atoms with E-state index in [0.717, 1.165) is 28.4 Å². The van der Waals surface area contributed by atoms with E-state index in [9.17, 15) is 0 Å². The van der Waals surface area contributed by atoms with Gasteiger partial charge in [-0.2, -0.15) is 0 Å². The van der Waals surface area contributed by atoms with Crippen LogP contribution in [0.5, 0.6) is 11.5 Å². The van der Waals surface area contributed by atoms with Crippen LogP contribution in [0.25, 0.3) is 11.0 Å². The lowest BCUT2D eigenvalue weighted by Crippen LogP contribution is -2.15. The van der Waals surface area contributed by atoms with Crippen molar-refractivity contribution < 1.29 is 14.2 Å². The molecule has 1 atom stereocenters. The highest BCUT2D eigenvalue weighted by atomic mass is 16.6. The molecule has 3 rings (SSSR count). The number of fused-ring (bicyclic) bond motifs is 2. The van der Waals surface area contributed by atoms with Gasteiger partial charge < -0.3 is 24.9 Å². The molecule has 0 saturated carbocycles. The lowest BCUT2D eigenvalue weighted by Gasteiger charge is -2.17. The van der Waals surface area contributed by atoms with Crippen LogP contribution in [-0.2, 0) is 4.74 Å². The summed E-state index contributed by atoms with van der Waals surface area (Å²) in [7, 11) is 1.61. The number of nitrogens with zero attached hydrogens (tertiary/aromatic N) is 1. The highest BCUT2D eigenvalue weighted by molar-refractivity contribution is 5.80. The number of hydrogen-bond donors (Lipinski definition) is 2. The van der Waals surface area contributed by atoms with Gasteiger partial charge in [0.1, 0.15) is 25.1 Å². The smallest absolute Gasteiger partial charge is 0.163 e. The summed E-state index contributed by atoms with van der Waals surface area (Å²) in [5.74, 6) is 2.19. The first kappa shape index (κ1) is 11.3. The van der Waals surface area contributed by atoms with Gasteiger partial charge in [0.05, 0.1) is 11.0 Å². The second-order valence-corrected chi connectivity index (χ2v) is 4.10. The van der Waals surface area contributed by atoms with E-state index < -0.39 is 0 Å². The van der Waals surface area contributed by atoms with Crippen LogP contribution in [0, 0.1) is 0 Å². The molecule has 0 amide bonds. The van der Waals surface area contributed by atoms with Crippen molar-refractivity contribution in [3.05, 3.63) is 18.0 Å². The Balaban J connectivity index is 2.06. The predicted octanol–water partition coefficient (Wildman–Crippen LogP) is 0.980. The van der Waals surface area contributed by atoms with Crippen LogP contribution in [-0.4, -0.2) is 36.8 Å². The average Bonchev–Trinajstić information content (AvgIpc) is 2.79. The third-order valence-corrected chi connectivity index (χ3v) is 2.97. The molecule has 3 N–H and O–H groups in total. The van der Waals surface area contributed by atoms with Gasteiger partial charge in [0.2, 0.25) is 0 Å². The zero-order chi connectivity index (χ0) is 12.5. The summed E-state index contributed by atoms with van der Waals surface area (Å²) in [6.07, 6.45) is -0.226. The molecule has 0 saturated heterocycles. The number of nitrogens with two attached hydrogens (primary N) is 1. The van der Waals surface area contributed by atoms with E-state index in [1.807, 2.05) is 12.1 Å². The van der Waals surface area contributed by atoms with Crippen molar-refractivity contribution in [1.82, 2.24) is 9.97 Å². The molecule has 0 aliphatic carbocycles. The van der Waals surface area contributed by atoms with Gasteiger partial charge in [-0.05, 0) is 0 Å². The van der Waals surface area contributed by atoms with Gasteiger partial charge in [0.25, 0.3) is 0 Å². The molecule has 2 heterocycles. The number of methoxy groups -OCH3 is 1. The maximum atomic E-state index is 5.62. The Kier molecular flexibility index (Phi) is 2.81. The van der Waals surface area contributed by atoms with Crippen LogP contribution in [0.2, 0.25) is 0 Å². The van der Waals surface area contributed by atoms with Gasteiger partial charge in [-0.3, -0.25) is 0 Å². The zero-order valence-corrected chi connectivity index (χ0v) is 10.1. The molecular formula is C12H15N3O3. The summed E-state index contributed by atoms with van der Waals surface area (Å²) >= 11 is 0. The van der Waals surface area contributed by atoms with Crippen molar-refractivity contribution in [3.8, 4) is 11.5 Å². The van der Waals surface area contributed by atoms with Crippen molar-refractivity contribution in [3.63, 3.8) is 0 Å². The van der Waals surface area contributed by atoms with Crippen LogP contribution in [0.15, 0.2) is 12.1 Å². The normalized spacial score (nSPS) is 15.9. The van der Waals surface area contributed by atoms with Crippen LogP contribution in [0.3, 0.4) is 0 Å². The van der Waals surface area contributed by atoms with Crippen LogP contribution in [0.4, 0.5) is 0 Å². The number of imidazole rings is 1. The Morgan fingerprint density at radius 1 is 1.39 bits per heavy atom. The third-order valence-electron chi connectivity index (χ3n) is 2.97. The maximum Gasteiger partial charge on any atom is 0.163 e. The van der Waals surface area contributed by atoms with E-state index in [1.165, 1.54) is 0 Å². The molecule has 6 nitrogen and oxygen atoms in total. The Morgan fingerprint density at radius 2 is 2.11 bits per heavy atom. The fourth-order valence-corrected chi connectivity index (χ4v) is 2.04. The summed E-state index contributed by atoms with van der Waals surface area (Å²) in [6, 6.07) is 3.76. The fourth-order valence-electron chi connectivity index (χ4n) is 2.04. The van der Waals surface area contributed by atoms with E-state index in [-0.39, 0.29) is 6.10 Å². The van der Waals surface area contributed by atoms with Gasteiger partial charge in [0.15, 0.2) is 11.5 Å². The summed E-state index contributed by atoms with van der Waals surface area (Å²) < 4.78 is 16.3. The first-order chi connectivity index (χ1) is 8.81. The second kappa shape index (κ2) is 4.47. The molecule has 18 heavy (non-hydrogen) atoms. The first-order valence-electron chi connectivity index (χ1n) is 5.84. The van der Waals surface area contributed by atoms with Crippen molar-refractivity contribution in [2.45, 2.75) is 6.10 Å². The van der Waals surface area contributed by atoms with Gasteiger partial charge >= 0.3 is 0 Å². The molecule has 1 aromatic heterocycles. The largest absolute Gasteiger partial charge is 0.486 e. The number of rotatable bonds is 3. The van der Waals surface area contributed by atoms with Crippen molar-refractivity contribution in [2.75, 3.05) is 26.9 Å². The topological polar surface area (TPSA) is 82.4 Å². The lowest BCUT2D eigenvalue weighted by molar-refractivity contribution is 0.104. The number of benzene rings is 1. The number of nitrogens with one attached hydrogen (secondary N) is 1. The quantitative estimate of drug-likeness (QED) is 0.847. The lowest BCUT2D eigenvalue weighted by atomic mass is 10.2. The Bertz CT molecular complexity index is 520. The summed E-state index contributed by atoms with van der Waals surface area (Å²) in [5, 5.41) is 0. The van der Waals surface area contributed by atoms with Crippen LogP contribution >= 0.6 is 0 Å². The van der Waals surface area contributed by atoms with Gasteiger partial charge in [-0.15, -0.1) is 0 Å². The van der Waals surface area contributed by atoms with Crippen LogP contribution in [0.1, 0.15) is 11.9 Å². The Hall–Kier alpha value is -1.79. The fraction of sp³-hybridized carbons (Fsp3) is 0.417. The first-order valence-corrected chi connectivity index (χ1v) is 5.84. The van der Waals surface area contributed by atoms with Crippen molar-refractivity contribution in [2.24, 2.45) is 5.73 Å². The van der Waals surface area contributed by atoms with Gasteiger partial charge in [0, 0.05) is 25.8 Å². The maximum absolute atomic E-state index is 5.62. The molecule has 0 bridgehead atoms. The monoisotopic (exact) mass is 249 g/mol. The highest BCUT2D eigenvalue weighted by Crippen LogP contribution is 2.34. The number of aromatic amines is 1. The summed E-state index contributed by atoms with van der Waals surface area (Å²) in [5.41, 5.74) is 7.34. The second-order valence-electron chi connectivity index (χ2n) is 4.10. The summed E-state index contributed by atoms with van der Waals surface area (Å²) in [6.45, 7) is 1.52. The number of hydrogen-bond acceptors (Lipinski definition) is 5. The molecule has 0 spiro atoms. The van der Waals surface area contributed by atoms with E-state index in [1.54, 1.807) is 7.11 Å². The highest BCUT2D eigenvalue weighted by Gasteiger charge is 2.17. The molecule has 6 heteroatoms. The van der Waals surface area contributed by atoms with Gasteiger partial charge in [-0.25, -0.2) is 4.98 Å². The van der Waals surface area contributed by atoms with Gasteiger partial charge in [-0.1, -0.05) is 0 Å². The predicted molar refractivity (Wildman–Crippen MR) is 65.9 cm³/mol. The number of aromatic nitrogens is 2. The SMILES string of the molecule is COC(CN)c1nc2cc3c(cc2[nH]1)OCCO3. The van der Waals surface area contributed by atoms with E-state index >= 15 is 0 Å². The minimum atomic E-state index is -0.226. The van der Waals surface area contributed by atoms with Crippen molar-refractivity contribution in [1.29, 1.82) is 0 Å². The van der Waals surface area contributed by atoms with E-state index in [0.29, 0.717) is 19.8 Å². The van der Waals surface area contributed by atoms with E-state index in [2.05, 4.69) is 9.97 Å². The third kappa shape index (κ3) is 1.79. The molecule has 96 valence electrons. The molecule has 2 aromatic rings. The van der Waals surface area contributed by atoms with Crippen LogP contribution < -0.4 is 15.2 Å². The standard InChI is InChI=1S/C12H15N3O3/c1-16-11(6-13)12-14-7-4-9-10(5-8(7)15-12)18-3-2-17-9/h4-5,11H,2-3,6,13H2,1H3,(H,14,15). The molecule has 1 aliphatic heterocycles. The Labute approximate surface area is 104 Å². The van der Waals surface area contributed by atoms with Crippen molar-refractivity contribution >= 4 is 11.0 Å². The number of ether oxygens (including phenoxy) is 3. The molecule has 0 fully saturated rings. The average molecular weight is 249 g/mol. The Morgan fingerprint density at radius 3 is 2.78 bits per heavy atom. The zero-order valence-electron chi connectivity index (χ0n) is 10.1. The molecule has 1 aliphatic rings. The summed E-state index contributed by atoms with van der Waals surface area (Å²) in [4.78, 5) is 7.66. The molecule has 1 aromatic carbocycles. The molecular weight excluding hydrogens is 234 g/mol. The molecule has 0 radical (unpaired) electrons. The number of H-pyrrole nitrogens is 1. The minimum absolute atomic E-state index is 0.226. The molecule has 1 unspecified atom stereocenters. The van der Waals surface area contributed by atoms with E-state index in [4.69, 9.17) is 19.9 Å².